The number of piperidine rings is 1. The van der Waals surface area contributed by atoms with Gasteiger partial charge in [-0.2, -0.15) is 0 Å². The Bertz CT molecular complexity index is 398. The van der Waals surface area contributed by atoms with Crippen LogP contribution in [0, 0.1) is 5.92 Å². The highest BCUT2D eigenvalue weighted by Crippen LogP contribution is 2.23. The number of likely N-dealkylation sites (tertiary alicyclic amines) is 1. The zero-order valence-corrected chi connectivity index (χ0v) is 10.9. The normalized spacial score (nSPS) is 28.3. The van der Waals surface area contributed by atoms with Crippen molar-refractivity contribution in [2.45, 2.75) is 25.8 Å². The third-order valence-corrected chi connectivity index (χ3v) is 3.76. The predicted molar refractivity (Wildman–Crippen MR) is 64.5 cm³/mol. The Labute approximate surface area is 111 Å². The van der Waals surface area contributed by atoms with Crippen LogP contribution in [0.2, 0.25) is 0 Å². The number of carboxylic acids is 1. The number of carbonyl (C=O) groups is 3. The molecule has 2 amide bonds. The molecule has 2 saturated heterocycles. The summed E-state index contributed by atoms with van der Waals surface area (Å²) in [6.07, 6.45) is 0.489. The first-order valence-electron chi connectivity index (χ1n) is 6.43. The predicted octanol–water partition coefficient (Wildman–Crippen LogP) is 0.150. The van der Waals surface area contributed by atoms with Crippen LogP contribution in [-0.4, -0.2) is 65.2 Å². The molecule has 2 unspecified atom stereocenters. The van der Waals surface area contributed by atoms with Crippen molar-refractivity contribution in [1.29, 1.82) is 0 Å². The number of imide groups is 1. The van der Waals surface area contributed by atoms with Crippen LogP contribution in [0.1, 0.15) is 19.8 Å². The highest BCUT2D eigenvalue weighted by molar-refractivity contribution is 5.94. The summed E-state index contributed by atoms with van der Waals surface area (Å²) < 4.78 is 4.72. The molecule has 2 heterocycles. The minimum Gasteiger partial charge on any atom is -0.481 e. The fourth-order valence-electron chi connectivity index (χ4n) is 2.56. The van der Waals surface area contributed by atoms with Gasteiger partial charge in [0.15, 0.2) is 0 Å². The van der Waals surface area contributed by atoms with E-state index in [2.05, 4.69) is 0 Å². The van der Waals surface area contributed by atoms with E-state index in [4.69, 9.17) is 9.84 Å². The van der Waals surface area contributed by atoms with Crippen LogP contribution in [0.3, 0.4) is 0 Å². The van der Waals surface area contributed by atoms with E-state index in [1.165, 1.54) is 0 Å². The van der Waals surface area contributed by atoms with Crippen molar-refractivity contribution in [3.63, 3.8) is 0 Å². The lowest BCUT2D eigenvalue weighted by Gasteiger charge is -2.36. The number of carboxylic acid groups (broad SMARTS) is 1. The number of aliphatic carboxylic acids is 1. The molecular weight excluding hydrogens is 252 g/mol. The Balaban J connectivity index is 1.88. The Hall–Kier alpha value is -1.63. The van der Waals surface area contributed by atoms with Crippen LogP contribution in [0.4, 0.5) is 4.79 Å². The van der Waals surface area contributed by atoms with E-state index in [1.54, 1.807) is 0 Å². The maximum absolute atomic E-state index is 12.0. The van der Waals surface area contributed by atoms with Crippen LogP contribution >= 0.6 is 0 Å². The SMILES string of the molecule is CC1CC(C(=O)O)CCN1CC(=O)N1CCOC1=O. The standard InChI is InChI=1S/C12H18N2O5/c1-8-6-9(11(16)17)2-3-13(8)7-10(15)14-4-5-19-12(14)18/h8-9H,2-7H2,1H3,(H,16,17). The lowest BCUT2D eigenvalue weighted by atomic mass is 9.92. The number of ether oxygens (including phenoxy) is 1. The van der Waals surface area contributed by atoms with Gasteiger partial charge in [0.25, 0.3) is 0 Å². The number of amides is 2. The Kier molecular flexibility index (Phi) is 4.04. The summed E-state index contributed by atoms with van der Waals surface area (Å²) in [7, 11) is 0. The van der Waals surface area contributed by atoms with Gasteiger partial charge in [-0.15, -0.1) is 0 Å². The molecule has 2 aliphatic rings. The smallest absolute Gasteiger partial charge is 0.416 e. The first kappa shape index (κ1) is 13.8. The fraction of sp³-hybridized carbons (Fsp3) is 0.750. The topological polar surface area (TPSA) is 87.2 Å². The summed E-state index contributed by atoms with van der Waals surface area (Å²) in [5.41, 5.74) is 0. The molecule has 7 nitrogen and oxygen atoms in total. The van der Waals surface area contributed by atoms with Gasteiger partial charge in [0.2, 0.25) is 5.91 Å². The molecule has 0 aliphatic carbocycles. The van der Waals surface area contributed by atoms with Gasteiger partial charge < -0.3 is 9.84 Å². The number of carbonyl (C=O) groups excluding carboxylic acids is 2. The summed E-state index contributed by atoms with van der Waals surface area (Å²) in [4.78, 5) is 37.2. The van der Waals surface area contributed by atoms with Gasteiger partial charge in [-0.25, -0.2) is 9.69 Å². The van der Waals surface area contributed by atoms with E-state index >= 15 is 0 Å². The fourth-order valence-corrected chi connectivity index (χ4v) is 2.56. The van der Waals surface area contributed by atoms with Crippen molar-refractivity contribution in [3.05, 3.63) is 0 Å². The lowest BCUT2D eigenvalue weighted by Crippen LogP contribution is -2.48. The van der Waals surface area contributed by atoms with E-state index < -0.39 is 12.1 Å². The van der Waals surface area contributed by atoms with E-state index in [0.29, 0.717) is 25.9 Å². The van der Waals surface area contributed by atoms with E-state index in [9.17, 15) is 14.4 Å². The van der Waals surface area contributed by atoms with Crippen LogP contribution in [0.25, 0.3) is 0 Å². The van der Waals surface area contributed by atoms with Gasteiger partial charge in [0.05, 0.1) is 19.0 Å². The summed E-state index contributed by atoms with van der Waals surface area (Å²) in [5.74, 6) is -1.39. The molecule has 2 rings (SSSR count). The molecule has 2 aliphatic heterocycles. The zero-order chi connectivity index (χ0) is 14.0. The molecule has 106 valence electrons. The second-order valence-corrected chi connectivity index (χ2v) is 5.04. The van der Waals surface area contributed by atoms with Crippen molar-refractivity contribution in [3.8, 4) is 0 Å². The molecule has 0 spiro atoms. The highest BCUT2D eigenvalue weighted by Gasteiger charge is 2.34. The van der Waals surface area contributed by atoms with Gasteiger partial charge >= 0.3 is 12.1 Å². The monoisotopic (exact) mass is 270 g/mol. The zero-order valence-electron chi connectivity index (χ0n) is 10.9. The highest BCUT2D eigenvalue weighted by atomic mass is 16.6. The summed E-state index contributed by atoms with van der Waals surface area (Å²) in [6.45, 7) is 3.17. The minimum atomic E-state index is -0.777. The van der Waals surface area contributed by atoms with Crippen molar-refractivity contribution in [2.75, 3.05) is 26.2 Å². The van der Waals surface area contributed by atoms with Crippen LogP contribution in [0.15, 0.2) is 0 Å². The Morgan fingerprint density at radius 2 is 2.16 bits per heavy atom. The second kappa shape index (κ2) is 5.56. The molecule has 0 aromatic rings. The lowest BCUT2D eigenvalue weighted by molar-refractivity contribution is -0.144. The van der Waals surface area contributed by atoms with Crippen molar-refractivity contribution < 1.29 is 24.2 Å². The molecule has 7 heteroatoms. The molecule has 0 aromatic carbocycles. The maximum atomic E-state index is 12.0. The summed E-state index contributed by atoms with van der Waals surface area (Å²) in [6, 6.07) is 0.0254. The van der Waals surface area contributed by atoms with Crippen LogP contribution in [-0.2, 0) is 14.3 Å². The third-order valence-electron chi connectivity index (χ3n) is 3.76. The largest absolute Gasteiger partial charge is 0.481 e. The molecule has 0 saturated carbocycles. The van der Waals surface area contributed by atoms with Crippen molar-refractivity contribution in [1.82, 2.24) is 9.80 Å². The van der Waals surface area contributed by atoms with Crippen molar-refractivity contribution >= 4 is 18.0 Å². The molecule has 0 aromatic heterocycles. The second-order valence-electron chi connectivity index (χ2n) is 5.04. The molecule has 1 N–H and O–H groups in total. The molecule has 2 atom stereocenters. The van der Waals surface area contributed by atoms with Gasteiger partial charge in [0.1, 0.15) is 6.61 Å². The first-order valence-corrected chi connectivity index (χ1v) is 6.43. The number of cyclic esters (lactones) is 1. The van der Waals surface area contributed by atoms with Gasteiger partial charge in [-0.1, -0.05) is 0 Å². The average Bonchev–Trinajstić information content (AvgIpc) is 2.77. The van der Waals surface area contributed by atoms with Gasteiger partial charge in [0, 0.05) is 6.04 Å². The summed E-state index contributed by atoms with van der Waals surface area (Å²) >= 11 is 0. The minimum absolute atomic E-state index is 0.0254. The maximum Gasteiger partial charge on any atom is 0.416 e. The number of rotatable bonds is 3. The van der Waals surface area contributed by atoms with E-state index in [-0.39, 0.29) is 31.0 Å². The summed E-state index contributed by atoms with van der Waals surface area (Å²) in [5, 5.41) is 8.98. The number of nitrogens with zero attached hydrogens (tertiary/aromatic N) is 2. The quantitative estimate of drug-likeness (QED) is 0.785. The van der Waals surface area contributed by atoms with Gasteiger partial charge in [-0.05, 0) is 26.3 Å². The average molecular weight is 270 g/mol. The number of hydrogen-bond acceptors (Lipinski definition) is 5. The Morgan fingerprint density at radius 1 is 1.42 bits per heavy atom. The molecule has 0 radical (unpaired) electrons. The molecule has 0 bridgehead atoms. The number of hydrogen-bond donors (Lipinski definition) is 1. The molecule has 19 heavy (non-hydrogen) atoms. The van der Waals surface area contributed by atoms with Crippen LogP contribution in [0.5, 0.6) is 0 Å². The van der Waals surface area contributed by atoms with Crippen LogP contribution < -0.4 is 0 Å². The van der Waals surface area contributed by atoms with E-state index in [1.807, 2.05) is 11.8 Å². The van der Waals surface area contributed by atoms with Gasteiger partial charge in [-0.3, -0.25) is 14.5 Å². The first-order chi connectivity index (χ1) is 8.99. The molecular formula is C12H18N2O5. The molecule has 2 fully saturated rings. The third kappa shape index (κ3) is 3.04. The Morgan fingerprint density at radius 3 is 2.68 bits per heavy atom. The van der Waals surface area contributed by atoms with E-state index in [0.717, 1.165) is 4.90 Å². The van der Waals surface area contributed by atoms with Crippen molar-refractivity contribution in [2.24, 2.45) is 5.92 Å².